The topological polar surface area (TPSA) is 92.8 Å². The first-order valence-electron chi connectivity index (χ1n) is 10.8. The van der Waals surface area contributed by atoms with Crippen LogP contribution in [0.5, 0.6) is 5.75 Å². The van der Waals surface area contributed by atoms with Crippen molar-refractivity contribution in [3.8, 4) is 5.75 Å². The lowest BCUT2D eigenvalue weighted by Crippen LogP contribution is -2.43. The van der Waals surface area contributed by atoms with Gasteiger partial charge in [-0.1, -0.05) is 12.1 Å². The number of rotatable bonds is 6. The molecule has 0 spiro atoms. The highest BCUT2D eigenvalue weighted by molar-refractivity contribution is 5.98. The van der Waals surface area contributed by atoms with Gasteiger partial charge in [0, 0.05) is 33.4 Å². The van der Waals surface area contributed by atoms with E-state index in [2.05, 4.69) is 20.4 Å². The number of amides is 3. The molecular formula is C23H27F3N4O4. The number of carbonyl (C=O) groups is 2. The van der Waals surface area contributed by atoms with Gasteiger partial charge in [-0.05, 0) is 55.0 Å². The zero-order valence-corrected chi connectivity index (χ0v) is 19.1. The Morgan fingerprint density at radius 2 is 1.85 bits per heavy atom. The lowest BCUT2D eigenvalue weighted by atomic mass is 9.87. The summed E-state index contributed by atoms with van der Waals surface area (Å²) >= 11 is 0. The molecule has 1 unspecified atom stereocenters. The van der Waals surface area contributed by atoms with Crippen LogP contribution in [-0.2, 0) is 9.53 Å². The fourth-order valence-electron chi connectivity index (χ4n) is 3.84. The van der Waals surface area contributed by atoms with E-state index in [1.165, 1.54) is 43.1 Å². The minimum absolute atomic E-state index is 0.0151. The van der Waals surface area contributed by atoms with E-state index < -0.39 is 18.4 Å². The average molecular weight is 480 g/mol. The van der Waals surface area contributed by atoms with E-state index in [4.69, 9.17) is 4.74 Å². The average Bonchev–Trinajstić information content (AvgIpc) is 2.77. The molecule has 2 aromatic rings. The van der Waals surface area contributed by atoms with E-state index in [0.29, 0.717) is 37.3 Å². The number of benzene rings is 1. The van der Waals surface area contributed by atoms with Gasteiger partial charge in [0.05, 0.1) is 11.7 Å². The SMILES string of the molecule is CC(=O)Nc1cc(C)cnc1N(C)C(=O)NC(c1ccc(OC(F)(F)F)cc1)C1CCOCC1. The summed E-state index contributed by atoms with van der Waals surface area (Å²) in [5.74, 6) is -0.364. The van der Waals surface area contributed by atoms with Gasteiger partial charge in [0.1, 0.15) is 5.75 Å². The molecule has 1 aromatic carbocycles. The van der Waals surface area contributed by atoms with Crippen molar-refractivity contribution in [2.45, 2.75) is 39.1 Å². The second-order valence-electron chi connectivity index (χ2n) is 8.12. The van der Waals surface area contributed by atoms with Gasteiger partial charge in [0.15, 0.2) is 5.82 Å². The van der Waals surface area contributed by atoms with Crippen molar-refractivity contribution in [2.24, 2.45) is 5.92 Å². The molecule has 3 amide bonds. The number of urea groups is 1. The first-order valence-corrected chi connectivity index (χ1v) is 10.8. The number of halogens is 3. The molecule has 1 fully saturated rings. The second-order valence-corrected chi connectivity index (χ2v) is 8.12. The van der Waals surface area contributed by atoms with Gasteiger partial charge in [-0.3, -0.25) is 9.69 Å². The maximum Gasteiger partial charge on any atom is 0.573 e. The molecular weight excluding hydrogens is 453 g/mol. The van der Waals surface area contributed by atoms with Crippen molar-refractivity contribution in [3.63, 3.8) is 0 Å². The van der Waals surface area contributed by atoms with Crippen LogP contribution < -0.4 is 20.3 Å². The molecule has 1 aliphatic rings. The fourth-order valence-corrected chi connectivity index (χ4v) is 3.84. The Balaban J connectivity index is 1.84. The van der Waals surface area contributed by atoms with Crippen LogP contribution >= 0.6 is 0 Å². The standard InChI is InChI=1S/C23H27F3N4O4/c1-14-12-19(28-15(2)31)21(27-13-14)30(3)22(32)29-20(17-8-10-33-11-9-17)16-4-6-18(7-5-16)34-23(24,25)26/h4-7,12-13,17,20H,8-11H2,1-3H3,(H,28,31)(H,29,32). The number of carbonyl (C=O) groups excluding carboxylic acids is 2. The largest absolute Gasteiger partial charge is 0.573 e. The number of anilines is 2. The summed E-state index contributed by atoms with van der Waals surface area (Å²) in [6.45, 7) is 4.22. The number of nitrogens with zero attached hydrogens (tertiary/aromatic N) is 2. The number of pyridine rings is 1. The maximum atomic E-state index is 13.2. The normalized spacial score (nSPS) is 15.4. The fraction of sp³-hybridized carbons (Fsp3) is 0.435. The molecule has 3 rings (SSSR count). The van der Waals surface area contributed by atoms with E-state index in [1.807, 2.05) is 6.92 Å². The van der Waals surface area contributed by atoms with Crippen LogP contribution in [0.15, 0.2) is 36.5 Å². The molecule has 1 atom stereocenters. The zero-order chi connectivity index (χ0) is 24.9. The smallest absolute Gasteiger partial charge is 0.406 e. The van der Waals surface area contributed by atoms with Crippen molar-refractivity contribution in [1.29, 1.82) is 0 Å². The van der Waals surface area contributed by atoms with E-state index in [9.17, 15) is 22.8 Å². The third-order valence-corrected chi connectivity index (χ3v) is 5.43. The van der Waals surface area contributed by atoms with Crippen LogP contribution in [0.3, 0.4) is 0 Å². The van der Waals surface area contributed by atoms with E-state index in [0.717, 1.165) is 5.56 Å². The lowest BCUT2D eigenvalue weighted by Gasteiger charge is -2.33. The van der Waals surface area contributed by atoms with E-state index >= 15 is 0 Å². The Morgan fingerprint density at radius 1 is 1.21 bits per heavy atom. The van der Waals surface area contributed by atoms with Crippen molar-refractivity contribution < 1.29 is 32.2 Å². The Kier molecular flexibility index (Phi) is 7.98. The molecule has 0 aliphatic carbocycles. The third-order valence-electron chi connectivity index (χ3n) is 5.43. The van der Waals surface area contributed by atoms with E-state index in [-0.39, 0.29) is 23.4 Å². The maximum absolute atomic E-state index is 13.2. The molecule has 0 radical (unpaired) electrons. The second kappa shape index (κ2) is 10.7. The summed E-state index contributed by atoms with van der Waals surface area (Å²) < 4.78 is 46.9. The van der Waals surface area contributed by atoms with Gasteiger partial charge in [-0.2, -0.15) is 0 Å². The molecule has 1 aliphatic heterocycles. The van der Waals surface area contributed by atoms with Crippen molar-refractivity contribution in [1.82, 2.24) is 10.3 Å². The number of ether oxygens (including phenoxy) is 2. The zero-order valence-electron chi connectivity index (χ0n) is 19.1. The highest BCUT2D eigenvalue weighted by Crippen LogP contribution is 2.33. The molecule has 0 saturated carbocycles. The molecule has 1 aromatic heterocycles. The third kappa shape index (κ3) is 6.83. The van der Waals surface area contributed by atoms with Crippen molar-refractivity contribution in [2.75, 3.05) is 30.5 Å². The summed E-state index contributed by atoms with van der Waals surface area (Å²) in [5, 5.41) is 5.66. The Hall–Kier alpha value is -3.34. The first-order chi connectivity index (χ1) is 16.0. The van der Waals surface area contributed by atoms with Crippen LogP contribution in [0.2, 0.25) is 0 Å². The number of hydrogen-bond acceptors (Lipinski definition) is 5. The highest BCUT2D eigenvalue weighted by atomic mass is 19.4. The number of nitrogens with one attached hydrogen (secondary N) is 2. The number of hydrogen-bond donors (Lipinski definition) is 2. The molecule has 1 saturated heterocycles. The minimum atomic E-state index is -4.79. The Labute approximate surface area is 195 Å². The number of aromatic nitrogens is 1. The van der Waals surface area contributed by atoms with Gasteiger partial charge in [0.2, 0.25) is 5.91 Å². The lowest BCUT2D eigenvalue weighted by molar-refractivity contribution is -0.274. The van der Waals surface area contributed by atoms with Gasteiger partial charge < -0.3 is 20.1 Å². The summed E-state index contributed by atoms with van der Waals surface area (Å²) in [4.78, 5) is 30.4. The van der Waals surface area contributed by atoms with Crippen molar-refractivity contribution in [3.05, 3.63) is 47.7 Å². The molecule has 2 heterocycles. The number of alkyl halides is 3. The summed E-state index contributed by atoms with van der Waals surface area (Å²) in [6, 6.07) is 6.22. The first kappa shape index (κ1) is 25.3. The monoisotopic (exact) mass is 480 g/mol. The van der Waals surface area contributed by atoms with Crippen LogP contribution in [-0.4, -0.2) is 43.5 Å². The molecule has 2 N–H and O–H groups in total. The van der Waals surface area contributed by atoms with Crippen molar-refractivity contribution >= 4 is 23.4 Å². The predicted molar refractivity (Wildman–Crippen MR) is 120 cm³/mol. The molecule has 11 heteroatoms. The summed E-state index contributed by atoms with van der Waals surface area (Å²) in [6.07, 6.45) is -1.85. The quantitative estimate of drug-likeness (QED) is 0.632. The van der Waals surface area contributed by atoms with E-state index in [1.54, 1.807) is 12.3 Å². The van der Waals surface area contributed by atoms with Gasteiger partial charge in [-0.15, -0.1) is 13.2 Å². The van der Waals surface area contributed by atoms with Crippen LogP contribution in [0.1, 0.15) is 36.9 Å². The molecule has 34 heavy (non-hydrogen) atoms. The van der Waals surface area contributed by atoms with Gasteiger partial charge in [-0.25, -0.2) is 9.78 Å². The Morgan fingerprint density at radius 3 is 2.44 bits per heavy atom. The summed E-state index contributed by atoms with van der Waals surface area (Å²) in [7, 11) is 1.53. The summed E-state index contributed by atoms with van der Waals surface area (Å²) in [5.41, 5.74) is 1.84. The number of aryl methyl sites for hydroxylation is 1. The van der Waals surface area contributed by atoms with Crippen LogP contribution in [0, 0.1) is 12.8 Å². The molecule has 8 nitrogen and oxygen atoms in total. The van der Waals surface area contributed by atoms with Crippen LogP contribution in [0.25, 0.3) is 0 Å². The minimum Gasteiger partial charge on any atom is -0.406 e. The Bertz CT molecular complexity index is 1010. The van der Waals surface area contributed by atoms with Gasteiger partial charge >= 0.3 is 12.4 Å². The predicted octanol–water partition coefficient (Wildman–Crippen LogP) is 4.56. The molecule has 0 bridgehead atoms. The van der Waals surface area contributed by atoms with Crippen LogP contribution in [0.4, 0.5) is 29.5 Å². The molecule has 184 valence electrons. The van der Waals surface area contributed by atoms with Gasteiger partial charge in [0.25, 0.3) is 0 Å². The highest BCUT2D eigenvalue weighted by Gasteiger charge is 2.32.